The van der Waals surface area contributed by atoms with Gasteiger partial charge in [0.15, 0.2) is 0 Å². The molecule has 5 nitrogen and oxygen atoms in total. The van der Waals surface area contributed by atoms with Gasteiger partial charge in [-0.2, -0.15) is 0 Å². The van der Waals surface area contributed by atoms with Crippen LogP contribution in [0, 0.1) is 0 Å². The molecular formula is C15H33N3O2. The first-order valence-electron chi connectivity index (χ1n) is 7.46. The fourth-order valence-electron chi connectivity index (χ4n) is 2.51. The van der Waals surface area contributed by atoms with Crippen LogP contribution in [0.1, 0.15) is 33.6 Å². The van der Waals surface area contributed by atoms with E-state index in [0.717, 1.165) is 32.5 Å². The first-order valence-corrected chi connectivity index (χ1v) is 7.46. The quantitative estimate of drug-likeness (QED) is 0.612. The molecule has 0 aromatic heterocycles. The molecule has 0 bridgehead atoms. The summed E-state index contributed by atoms with van der Waals surface area (Å²) in [6.45, 7) is 9.39. The number of rotatable bonds is 10. The summed E-state index contributed by atoms with van der Waals surface area (Å²) >= 11 is 0. The second-order valence-electron chi connectivity index (χ2n) is 5.91. The van der Waals surface area contributed by atoms with Crippen LogP contribution < -0.4 is 5.32 Å². The number of nitrogens with zero attached hydrogens (tertiary/aromatic N) is 2. The molecule has 0 saturated carbocycles. The number of esters is 1. The van der Waals surface area contributed by atoms with Gasteiger partial charge in [-0.15, -0.1) is 0 Å². The Labute approximate surface area is 124 Å². The second kappa shape index (κ2) is 9.32. The molecule has 0 heterocycles. The highest BCUT2D eigenvalue weighted by atomic mass is 16.5. The van der Waals surface area contributed by atoms with Gasteiger partial charge in [0.05, 0.1) is 7.11 Å². The van der Waals surface area contributed by atoms with Crippen molar-refractivity contribution in [3.05, 3.63) is 0 Å². The van der Waals surface area contributed by atoms with Gasteiger partial charge < -0.3 is 19.9 Å². The molecule has 0 aromatic carbocycles. The number of hydrogen-bond acceptors (Lipinski definition) is 5. The zero-order valence-electron chi connectivity index (χ0n) is 14.3. The normalized spacial score (nSPS) is 16.2. The van der Waals surface area contributed by atoms with Crippen molar-refractivity contribution in [2.45, 2.75) is 45.2 Å². The molecule has 0 aliphatic carbocycles. The highest BCUT2D eigenvalue weighted by molar-refractivity contribution is 5.80. The molecule has 0 fully saturated rings. The summed E-state index contributed by atoms with van der Waals surface area (Å²) in [5, 5.41) is 3.10. The Hall–Kier alpha value is -0.650. The second-order valence-corrected chi connectivity index (χ2v) is 5.91. The van der Waals surface area contributed by atoms with Crippen molar-refractivity contribution in [3.8, 4) is 0 Å². The van der Waals surface area contributed by atoms with Crippen molar-refractivity contribution in [2.24, 2.45) is 0 Å². The summed E-state index contributed by atoms with van der Waals surface area (Å²) in [6.07, 6.45) is 1.88. The Morgan fingerprint density at radius 3 is 2.35 bits per heavy atom. The summed E-state index contributed by atoms with van der Waals surface area (Å²) in [6, 6.07) is 0.332. The smallest absolute Gasteiger partial charge is 0.325 e. The minimum Gasteiger partial charge on any atom is -0.468 e. The van der Waals surface area contributed by atoms with E-state index in [1.54, 1.807) is 0 Å². The number of nitrogens with one attached hydrogen (secondary N) is 1. The van der Waals surface area contributed by atoms with Gasteiger partial charge in [0, 0.05) is 6.04 Å². The molecular weight excluding hydrogens is 254 g/mol. The Bertz CT molecular complexity index is 284. The highest BCUT2D eigenvalue weighted by Crippen LogP contribution is 2.18. The van der Waals surface area contributed by atoms with E-state index in [-0.39, 0.29) is 5.97 Å². The molecule has 2 atom stereocenters. The van der Waals surface area contributed by atoms with Crippen LogP contribution in [0.15, 0.2) is 0 Å². The first kappa shape index (κ1) is 19.4. The van der Waals surface area contributed by atoms with Gasteiger partial charge in [-0.1, -0.05) is 6.92 Å². The summed E-state index contributed by atoms with van der Waals surface area (Å²) in [5.74, 6) is -0.198. The Morgan fingerprint density at radius 1 is 1.35 bits per heavy atom. The number of hydrogen-bond donors (Lipinski definition) is 1. The van der Waals surface area contributed by atoms with Crippen molar-refractivity contribution in [2.75, 3.05) is 47.9 Å². The average molecular weight is 287 g/mol. The van der Waals surface area contributed by atoms with Crippen molar-refractivity contribution >= 4 is 5.97 Å². The maximum absolute atomic E-state index is 11.9. The zero-order valence-corrected chi connectivity index (χ0v) is 14.3. The molecule has 0 aliphatic heterocycles. The number of carbonyl (C=O) groups excluding carboxylic acids is 1. The molecule has 20 heavy (non-hydrogen) atoms. The molecule has 0 aromatic rings. The van der Waals surface area contributed by atoms with Gasteiger partial charge in [0.1, 0.15) is 5.54 Å². The van der Waals surface area contributed by atoms with E-state index in [9.17, 15) is 4.79 Å². The SMILES string of the molecule is CCN(CCCN(C)C)C(C)CC(C)(NC)C(=O)OC. The third kappa shape index (κ3) is 6.20. The number of likely N-dealkylation sites (N-methyl/N-ethyl adjacent to an activating group) is 1. The lowest BCUT2D eigenvalue weighted by Gasteiger charge is -2.35. The first-order chi connectivity index (χ1) is 9.30. The Morgan fingerprint density at radius 2 is 1.95 bits per heavy atom. The molecule has 0 aliphatic rings. The molecule has 120 valence electrons. The van der Waals surface area contributed by atoms with Crippen molar-refractivity contribution in [1.29, 1.82) is 0 Å². The van der Waals surface area contributed by atoms with Crippen LogP contribution in [0.2, 0.25) is 0 Å². The third-order valence-electron chi connectivity index (χ3n) is 3.97. The van der Waals surface area contributed by atoms with Crippen LogP contribution in [-0.4, -0.2) is 75.2 Å². The van der Waals surface area contributed by atoms with E-state index in [1.165, 1.54) is 7.11 Å². The maximum Gasteiger partial charge on any atom is 0.325 e. The van der Waals surface area contributed by atoms with Crippen LogP contribution in [-0.2, 0) is 9.53 Å². The molecule has 0 amide bonds. The number of carbonyl (C=O) groups is 1. The van der Waals surface area contributed by atoms with E-state index in [4.69, 9.17) is 4.74 Å². The Balaban J connectivity index is 4.51. The predicted molar refractivity (Wildman–Crippen MR) is 84.0 cm³/mol. The highest BCUT2D eigenvalue weighted by Gasteiger charge is 2.35. The van der Waals surface area contributed by atoms with Crippen LogP contribution in [0.4, 0.5) is 0 Å². The fraction of sp³-hybridized carbons (Fsp3) is 0.933. The van der Waals surface area contributed by atoms with Crippen LogP contribution in [0.5, 0.6) is 0 Å². The minimum absolute atomic E-state index is 0.198. The van der Waals surface area contributed by atoms with Gasteiger partial charge in [-0.25, -0.2) is 0 Å². The van der Waals surface area contributed by atoms with Gasteiger partial charge in [0.2, 0.25) is 0 Å². The van der Waals surface area contributed by atoms with Crippen LogP contribution in [0.3, 0.4) is 0 Å². The minimum atomic E-state index is -0.622. The van der Waals surface area contributed by atoms with Crippen molar-refractivity contribution < 1.29 is 9.53 Å². The average Bonchev–Trinajstić information content (AvgIpc) is 2.41. The monoisotopic (exact) mass is 287 g/mol. The zero-order chi connectivity index (χ0) is 15.8. The molecule has 2 unspecified atom stereocenters. The van der Waals surface area contributed by atoms with E-state index in [0.29, 0.717) is 6.04 Å². The Kier molecular flexibility index (Phi) is 9.01. The molecule has 0 rings (SSSR count). The molecule has 1 N–H and O–H groups in total. The maximum atomic E-state index is 11.9. The number of ether oxygens (including phenoxy) is 1. The van der Waals surface area contributed by atoms with Crippen LogP contribution >= 0.6 is 0 Å². The third-order valence-corrected chi connectivity index (χ3v) is 3.97. The van der Waals surface area contributed by atoms with Gasteiger partial charge >= 0.3 is 5.97 Å². The standard InChI is InChI=1S/C15H33N3O2/c1-8-18(11-9-10-17(5)6)13(2)12-15(3,16-4)14(19)20-7/h13,16H,8-12H2,1-7H3. The van der Waals surface area contributed by atoms with Crippen LogP contribution in [0.25, 0.3) is 0 Å². The van der Waals surface area contributed by atoms with Gasteiger partial charge in [0.25, 0.3) is 0 Å². The summed E-state index contributed by atoms with van der Waals surface area (Å²) < 4.78 is 4.91. The summed E-state index contributed by atoms with van der Waals surface area (Å²) in [7, 11) is 7.44. The summed E-state index contributed by atoms with van der Waals surface area (Å²) in [4.78, 5) is 16.5. The van der Waals surface area contributed by atoms with Gasteiger partial charge in [-0.3, -0.25) is 4.79 Å². The predicted octanol–water partition coefficient (Wildman–Crippen LogP) is 1.19. The molecule has 0 saturated heterocycles. The molecule has 5 heteroatoms. The van der Waals surface area contributed by atoms with E-state index in [1.807, 2.05) is 14.0 Å². The van der Waals surface area contributed by atoms with E-state index < -0.39 is 5.54 Å². The summed E-state index contributed by atoms with van der Waals surface area (Å²) in [5.41, 5.74) is -0.622. The number of methoxy groups -OCH3 is 1. The van der Waals surface area contributed by atoms with Crippen molar-refractivity contribution in [3.63, 3.8) is 0 Å². The fourth-order valence-corrected chi connectivity index (χ4v) is 2.51. The van der Waals surface area contributed by atoms with Gasteiger partial charge in [-0.05, 0) is 67.5 Å². The van der Waals surface area contributed by atoms with E-state index >= 15 is 0 Å². The van der Waals surface area contributed by atoms with Crippen molar-refractivity contribution in [1.82, 2.24) is 15.1 Å². The molecule has 0 radical (unpaired) electrons. The molecule has 0 spiro atoms. The lowest BCUT2D eigenvalue weighted by atomic mass is 9.93. The van der Waals surface area contributed by atoms with E-state index in [2.05, 4.69) is 43.1 Å². The lowest BCUT2D eigenvalue weighted by molar-refractivity contribution is -0.148. The topological polar surface area (TPSA) is 44.8 Å². The lowest BCUT2D eigenvalue weighted by Crippen LogP contribution is -2.52. The largest absolute Gasteiger partial charge is 0.468 e.